The van der Waals surface area contributed by atoms with Gasteiger partial charge in [0, 0.05) is 10.4 Å². The quantitative estimate of drug-likeness (QED) is 0.699. The van der Waals surface area contributed by atoms with Crippen LogP contribution in [0.1, 0.15) is 60.8 Å². The van der Waals surface area contributed by atoms with Gasteiger partial charge in [0.25, 0.3) is 0 Å². The van der Waals surface area contributed by atoms with E-state index in [1.807, 2.05) is 0 Å². The molecule has 0 saturated carbocycles. The lowest BCUT2D eigenvalue weighted by molar-refractivity contribution is 0.676. The minimum Gasteiger partial charge on any atom is -0.0764 e. The molecule has 1 unspecified atom stereocenters. The molecule has 90 valence electrons. The second kappa shape index (κ2) is 4.61. The third-order valence-electron chi connectivity index (χ3n) is 4.17. The first-order chi connectivity index (χ1) is 8.31. The largest absolute Gasteiger partial charge is 0.0764 e. The number of benzene rings is 1. The van der Waals surface area contributed by atoms with Crippen LogP contribution in [0.2, 0.25) is 0 Å². The summed E-state index contributed by atoms with van der Waals surface area (Å²) in [6.45, 7) is 2.28. The highest BCUT2D eigenvalue weighted by Gasteiger charge is 2.24. The average Bonchev–Trinajstić information content (AvgIpc) is 2.74. The molecule has 0 radical (unpaired) electrons. The van der Waals surface area contributed by atoms with Crippen LogP contribution >= 0.6 is 15.9 Å². The van der Waals surface area contributed by atoms with Gasteiger partial charge in [-0.1, -0.05) is 41.4 Å². The summed E-state index contributed by atoms with van der Waals surface area (Å²) in [4.78, 5) is 0. The molecule has 17 heavy (non-hydrogen) atoms. The summed E-state index contributed by atoms with van der Waals surface area (Å²) in [5, 5.41) is 0. The number of hydrogen-bond donors (Lipinski definition) is 0. The molecule has 3 rings (SSSR count). The van der Waals surface area contributed by atoms with Crippen LogP contribution in [0.5, 0.6) is 0 Å². The van der Waals surface area contributed by atoms with Crippen LogP contribution in [0.3, 0.4) is 0 Å². The van der Waals surface area contributed by atoms with E-state index in [1.54, 1.807) is 22.3 Å². The molecule has 0 N–H and O–H groups in total. The van der Waals surface area contributed by atoms with Gasteiger partial charge in [0.2, 0.25) is 0 Å². The molecule has 0 spiro atoms. The second-order valence-electron chi connectivity index (χ2n) is 5.28. The van der Waals surface area contributed by atoms with E-state index in [4.69, 9.17) is 0 Å². The molecule has 0 aromatic heterocycles. The maximum atomic E-state index is 3.79. The first kappa shape index (κ1) is 11.5. The topological polar surface area (TPSA) is 0 Å². The van der Waals surface area contributed by atoms with Crippen LogP contribution in [-0.2, 0) is 12.8 Å². The normalized spacial score (nSPS) is 21.4. The van der Waals surface area contributed by atoms with Gasteiger partial charge in [0.1, 0.15) is 0 Å². The van der Waals surface area contributed by atoms with Crippen molar-refractivity contribution in [2.45, 2.75) is 51.4 Å². The summed E-state index contributed by atoms with van der Waals surface area (Å²) in [5.41, 5.74) is 6.34. The Hall–Kier alpha value is -0.560. The van der Waals surface area contributed by atoms with E-state index in [-0.39, 0.29) is 0 Å². The predicted octanol–water partition coefficient (Wildman–Crippen LogP) is 5.24. The Morgan fingerprint density at radius 1 is 1.24 bits per heavy atom. The molecule has 0 amide bonds. The van der Waals surface area contributed by atoms with E-state index in [0.29, 0.717) is 5.92 Å². The average molecular weight is 291 g/mol. The van der Waals surface area contributed by atoms with Crippen molar-refractivity contribution in [3.8, 4) is 0 Å². The van der Waals surface area contributed by atoms with Crippen LogP contribution in [0.25, 0.3) is 6.08 Å². The third kappa shape index (κ3) is 1.89. The molecule has 0 heterocycles. The lowest BCUT2D eigenvalue weighted by Gasteiger charge is -2.22. The third-order valence-corrected chi connectivity index (χ3v) is 4.88. The minimum absolute atomic E-state index is 0.665. The van der Waals surface area contributed by atoms with E-state index in [1.165, 1.54) is 43.0 Å². The van der Waals surface area contributed by atoms with Crippen molar-refractivity contribution in [2.75, 3.05) is 0 Å². The van der Waals surface area contributed by atoms with Crippen LogP contribution in [0.15, 0.2) is 16.6 Å². The van der Waals surface area contributed by atoms with Crippen LogP contribution < -0.4 is 0 Å². The lowest BCUT2D eigenvalue weighted by Crippen LogP contribution is -2.07. The molecular weight excluding hydrogens is 272 g/mol. The summed E-state index contributed by atoms with van der Waals surface area (Å²) in [5.74, 6) is 0.665. The Bertz CT molecular complexity index is 471. The van der Waals surface area contributed by atoms with E-state index in [0.717, 1.165) is 0 Å². The lowest BCUT2D eigenvalue weighted by atomic mass is 9.85. The molecule has 0 saturated heterocycles. The summed E-state index contributed by atoms with van der Waals surface area (Å²) >= 11 is 3.79. The molecule has 1 atom stereocenters. The monoisotopic (exact) mass is 290 g/mol. The van der Waals surface area contributed by atoms with Gasteiger partial charge >= 0.3 is 0 Å². The predicted molar refractivity (Wildman–Crippen MR) is 77.5 cm³/mol. The number of halogens is 1. The van der Waals surface area contributed by atoms with E-state index >= 15 is 0 Å². The number of allylic oxidation sites excluding steroid dienone is 1. The first-order valence-electron chi connectivity index (χ1n) is 6.83. The van der Waals surface area contributed by atoms with Crippen LogP contribution in [0.4, 0.5) is 0 Å². The fourth-order valence-corrected chi connectivity index (χ4v) is 4.01. The van der Waals surface area contributed by atoms with Crippen molar-refractivity contribution in [2.24, 2.45) is 0 Å². The van der Waals surface area contributed by atoms with Gasteiger partial charge in [0.05, 0.1) is 0 Å². The molecular formula is C16H19Br. The molecule has 0 bridgehead atoms. The van der Waals surface area contributed by atoms with Gasteiger partial charge in [-0.25, -0.2) is 0 Å². The van der Waals surface area contributed by atoms with Gasteiger partial charge in [-0.2, -0.15) is 0 Å². The Morgan fingerprint density at radius 3 is 2.76 bits per heavy atom. The molecule has 2 aliphatic carbocycles. The van der Waals surface area contributed by atoms with Crippen LogP contribution in [0, 0.1) is 0 Å². The highest BCUT2D eigenvalue weighted by molar-refractivity contribution is 9.10. The van der Waals surface area contributed by atoms with Crippen molar-refractivity contribution >= 4 is 22.0 Å². The molecule has 0 nitrogen and oxygen atoms in total. The van der Waals surface area contributed by atoms with Gasteiger partial charge in [0.15, 0.2) is 0 Å². The SMILES string of the molecule is CCCC1C=Cc2c1cc(Br)c1c2CCCC1. The van der Waals surface area contributed by atoms with Gasteiger partial charge in [-0.05, 0) is 60.4 Å². The minimum atomic E-state index is 0.665. The molecule has 0 fully saturated rings. The van der Waals surface area contributed by atoms with Crippen molar-refractivity contribution < 1.29 is 0 Å². The molecule has 1 heteroatoms. The fraction of sp³-hybridized carbons (Fsp3) is 0.500. The Kier molecular flexibility index (Phi) is 3.12. The van der Waals surface area contributed by atoms with E-state index in [2.05, 4.69) is 41.1 Å². The maximum absolute atomic E-state index is 3.79. The maximum Gasteiger partial charge on any atom is 0.0213 e. The molecule has 1 aromatic carbocycles. The Morgan fingerprint density at radius 2 is 2.00 bits per heavy atom. The van der Waals surface area contributed by atoms with Crippen molar-refractivity contribution in [1.29, 1.82) is 0 Å². The Balaban J connectivity index is 2.10. The molecule has 2 aliphatic rings. The standard InChI is InChI=1S/C16H19Br/c1-2-5-11-8-9-13-12-6-3-4-7-14(12)16(17)10-15(11)13/h8-11H,2-7H2,1H3. The highest BCUT2D eigenvalue weighted by Crippen LogP contribution is 2.41. The zero-order valence-corrected chi connectivity index (χ0v) is 12.0. The molecule has 1 aromatic rings. The fourth-order valence-electron chi connectivity index (χ4n) is 3.32. The van der Waals surface area contributed by atoms with E-state index in [9.17, 15) is 0 Å². The van der Waals surface area contributed by atoms with Crippen LogP contribution in [-0.4, -0.2) is 0 Å². The first-order valence-corrected chi connectivity index (χ1v) is 7.63. The zero-order chi connectivity index (χ0) is 11.8. The van der Waals surface area contributed by atoms with Gasteiger partial charge in [-0.15, -0.1) is 0 Å². The highest BCUT2D eigenvalue weighted by atomic mass is 79.9. The smallest absolute Gasteiger partial charge is 0.0213 e. The number of hydrogen-bond acceptors (Lipinski definition) is 0. The summed E-state index contributed by atoms with van der Waals surface area (Å²) < 4.78 is 1.36. The van der Waals surface area contributed by atoms with Crippen molar-refractivity contribution in [3.05, 3.63) is 38.9 Å². The van der Waals surface area contributed by atoms with Gasteiger partial charge < -0.3 is 0 Å². The van der Waals surface area contributed by atoms with Gasteiger partial charge in [-0.3, -0.25) is 0 Å². The second-order valence-corrected chi connectivity index (χ2v) is 6.13. The molecule has 0 aliphatic heterocycles. The summed E-state index contributed by atoms with van der Waals surface area (Å²) in [6, 6.07) is 2.39. The number of fused-ring (bicyclic) bond motifs is 3. The van der Waals surface area contributed by atoms with Crippen molar-refractivity contribution in [1.82, 2.24) is 0 Å². The Labute approximate surface area is 112 Å². The van der Waals surface area contributed by atoms with E-state index < -0.39 is 0 Å². The van der Waals surface area contributed by atoms with Crippen molar-refractivity contribution in [3.63, 3.8) is 0 Å². The zero-order valence-electron chi connectivity index (χ0n) is 10.4. The number of rotatable bonds is 2. The summed E-state index contributed by atoms with van der Waals surface area (Å²) in [6.07, 6.45) is 12.6. The summed E-state index contributed by atoms with van der Waals surface area (Å²) in [7, 11) is 0.